The Morgan fingerprint density at radius 2 is 2.12 bits per heavy atom. The lowest BCUT2D eigenvalue weighted by molar-refractivity contribution is 0.254. The van der Waals surface area contributed by atoms with Crippen molar-refractivity contribution in [1.29, 1.82) is 0 Å². The molecule has 0 saturated heterocycles. The first-order valence-corrected chi connectivity index (χ1v) is 6.65. The van der Waals surface area contributed by atoms with E-state index >= 15 is 0 Å². The van der Waals surface area contributed by atoms with Crippen molar-refractivity contribution in [2.45, 2.75) is 53.0 Å². The number of hydrogen-bond acceptors (Lipinski definition) is 2. The highest BCUT2D eigenvalue weighted by atomic mass is 15.2. The van der Waals surface area contributed by atoms with Gasteiger partial charge in [-0.15, -0.1) is 0 Å². The zero-order valence-corrected chi connectivity index (χ0v) is 12.0. The van der Waals surface area contributed by atoms with Crippen LogP contribution in [0.4, 0.5) is 0 Å². The van der Waals surface area contributed by atoms with E-state index in [-0.39, 0.29) is 0 Å². The van der Waals surface area contributed by atoms with Crippen LogP contribution in [0.25, 0.3) is 0 Å². The summed E-state index contributed by atoms with van der Waals surface area (Å²) in [6.07, 6.45) is 5.51. The Kier molecular flexibility index (Phi) is 5.19. The first-order chi connectivity index (χ1) is 7.93. The Hall–Kier alpha value is -0.830. The van der Waals surface area contributed by atoms with Gasteiger partial charge in [0.25, 0.3) is 0 Å². The van der Waals surface area contributed by atoms with Gasteiger partial charge in [0.2, 0.25) is 0 Å². The van der Waals surface area contributed by atoms with Gasteiger partial charge in [0.1, 0.15) is 0 Å². The van der Waals surface area contributed by atoms with Crippen LogP contribution >= 0.6 is 0 Å². The molecule has 1 atom stereocenters. The van der Waals surface area contributed by atoms with Crippen molar-refractivity contribution in [3.63, 3.8) is 0 Å². The standard InChI is InChI=1S/C14H27N3/c1-6-15-13(14(2,3)4)9-7-8-12-10-11-17(5)16-12/h10-11,13,15H,6-9H2,1-5H3. The molecule has 98 valence electrons. The van der Waals surface area contributed by atoms with Gasteiger partial charge in [-0.2, -0.15) is 5.10 Å². The molecule has 0 amide bonds. The van der Waals surface area contributed by atoms with Gasteiger partial charge >= 0.3 is 0 Å². The molecule has 1 unspecified atom stereocenters. The minimum absolute atomic E-state index is 0.333. The van der Waals surface area contributed by atoms with Crippen molar-refractivity contribution in [2.24, 2.45) is 12.5 Å². The van der Waals surface area contributed by atoms with Crippen LogP contribution < -0.4 is 5.32 Å². The second-order valence-corrected chi connectivity index (χ2v) is 5.85. The third-order valence-corrected chi connectivity index (χ3v) is 3.19. The Labute approximate surface area is 106 Å². The Morgan fingerprint density at radius 3 is 2.59 bits per heavy atom. The molecule has 0 saturated carbocycles. The lowest BCUT2D eigenvalue weighted by atomic mass is 9.83. The van der Waals surface area contributed by atoms with Gasteiger partial charge < -0.3 is 5.32 Å². The van der Waals surface area contributed by atoms with Crippen LogP contribution in [0.2, 0.25) is 0 Å². The fourth-order valence-corrected chi connectivity index (χ4v) is 2.17. The summed E-state index contributed by atoms with van der Waals surface area (Å²) in [5, 5.41) is 8.00. The van der Waals surface area contributed by atoms with Crippen LogP contribution in [0.1, 0.15) is 46.2 Å². The van der Waals surface area contributed by atoms with Crippen molar-refractivity contribution >= 4 is 0 Å². The monoisotopic (exact) mass is 237 g/mol. The Balaban J connectivity index is 2.37. The molecule has 0 radical (unpaired) electrons. The maximum atomic E-state index is 4.41. The van der Waals surface area contributed by atoms with E-state index in [1.165, 1.54) is 18.5 Å². The van der Waals surface area contributed by atoms with Crippen LogP contribution in [0.5, 0.6) is 0 Å². The quantitative estimate of drug-likeness (QED) is 0.824. The van der Waals surface area contributed by atoms with Crippen molar-refractivity contribution < 1.29 is 0 Å². The fraction of sp³-hybridized carbons (Fsp3) is 0.786. The molecule has 3 nitrogen and oxygen atoms in total. The lowest BCUT2D eigenvalue weighted by Gasteiger charge is -2.31. The highest BCUT2D eigenvalue weighted by molar-refractivity contribution is 4.98. The molecule has 0 aliphatic rings. The first kappa shape index (κ1) is 14.2. The van der Waals surface area contributed by atoms with Crippen molar-refractivity contribution in [3.8, 4) is 0 Å². The summed E-state index contributed by atoms with van der Waals surface area (Å²) in [6.45, 7) is 10.1. The minimum atomic E-state index is 0.333. The van der Waals surface area contributed by atoms with E-state index in [1.54, 1.807) is 0 Å². The van der Waals surface area contributed by atoms with Gasteiger partial charge in [0.15, 0.2) is 0 Å². The second kappa shape index (κ2) is 6.20. The molecule has 3 heteroatoms. The summed E-state index contributed by atoms with van der Waals surface area (Å²) in [5.41, 5.74) is 1.54. The van der Waals surface area contributed by atoms with E-state index in [4.69, 9.17) is 0 Å². The molecule has 1 aromatic rings. The van der Waals surface area contributed by atoms with Crippen molar-refractivity contribution in [2.75, 3.05) is 6.54 Å². The number of nitrogens with one attached hydrogen (secondary N) is 1. The minimum Gasteiger partial charge on any atom is -0.314 e. The average molecular weight is 237 g/mol. The molecule has 1 rings (SSSR count). The van der Waals surface area contributed by atoms with Gasteiger partial charge in [-0.1, -0.05) is 27.7 Å². The molecule has 1 N–H and O–H groups in total. The third-order valence-electron chi connectivity index (χ3n) is 3.19. The average Bonchev–Trinajstić information content (AvgIpc) is 2.61. The summed E-state index contributed by atoms with van der Waals surface area (Å²) in [4.78, 5) is 0. The molecule has 0 fully saturated rings. The topological polar surface area (TPSA) is 29.9 Å². The first-order valence-electron chi connectivity index (χ1n) is 6.65. The van der Waals surface area contributed by atoms with E-state index in [0.29, 0.717) is 11.5 Å². The van der Waals surface area contributed by atoms with Gasteiger partial charge in [0, 0.05) is 19.3 Å². The van der Waals surface area contributed by atoms with Crippen molar-refractivity contribution in [3.05, 3.63) is 18.0 Å². The molecule has 1 aromatic heterocycles. The predicted molar refractivity (Wildman–Crippen MR) is 73.1 cm³/mol. The highest BCUT2D eigenvalue weighted by Gasteiger charge is 2.22. The zero-order valence-electron chi connectivity index (χ0n) is 12.0. The summed E-state index contributed by atoms with van der Waals surface area (Å²) in [5.74, 6) is 0. The summed E-state index contributed by atoms with van der Waals surface area (Å²) in [7, 11) is 1.97. The maximum absolute atomic E-state index is 4.41. The number of rotatable bonds is 6. The molecule has 0 spiro atoms. The molecule has 1 heterocycles. The molecular formula is C14H27N3. The summed E-state index contributed by atoms with van der Waals surface area (Å²) in [6, 6.07) is 2.70. The van der Waals surface area contributed by atoms with Gasteiger partial charge in [-0.3, -0.25) is 4.68 Å². The Morgan fingerprint density at radius 1 is 1.41 bits per heavy atom. The van der Waals surface area contributed by atoms with Crippen LogP contribution in [0, 0.1) is 5.41 Å². The fourth-order valence-electron chi connectivity index (χ4n) is 2.17. The molecular weight excluding hydrogens is 210 g/mol. The largest absolute Gasteiger partial charge is 0.314 e. The highest BCUT2D eigenvalue weighted by Crippen LogP contribution is 2.23. The number of aromatic nitrogens is 2. The summed E-state index contributed by atoms with van der Waals surface area (Å²) >= 11 is 0. The van der Waals surface area contributed by atoms with Crippen LogP contribution in [-0.4, -0.2) is 22.4 Å². The Bertz CT molecular complexity index is 322. The predicted octanol–water partition coefficient (Wildman–Crippen LogP) is 2.77. The SMILES string of the molecule is CCNC(CCCc1ccn(C)n1)C(C)(C)C. The van der Waals surface area contributed by atoms with Gasteiger partial charge in [-0.05, 0) is 37.3 Å². The van der Waals surface area contributed by atoms with Gasteiger partial charge in [0.05, 0.1) is 5.69 Å². The number of aryl methyl sites for hydroxylation is 2. The van der Waals surface area contributed by atoms with E-state index < -0.39 is 0 Å². The molecule has 17 heavy (non-hydrogen) atoms. The molecule has 0 bridgehead atoms. The molecule has 0 aromatic carbocycles. The third kappa shape index (κ3) is 4.90. The zero-order chi connectivity index (χ0) is 12.9. The van der Waals surface area contributed by atoms with E-state index in [1.807, 2.05) is 17.9 Å². The number of hydrogen-bond donors (Lipinski definition) is 1. The molecule has 0 aliphatic heterocycles. The van der Waals surface area contributed by atoms with Crippen LogP contribution in [0.3, 0.4) is 0 Å². The van der Waals surface area contributed by atoms with E-state index in [2.05, 4.69) is 44.2 Å². The van der Waals surface area contributed by atoms with Crippen LogP contribution in [-0.2, 0) is 13.5 Å². The lowest BCUT2D eigenvalue weighted by Crippen LogP contribution is -2.40. The van der Waals surface area contributed by atoms with Gasteiger partial charge in [-0.25, -0.2) is 0 Å². The smallest absolute Gasteiger partial charge is 0.0624 e. The maximum Gasteiger partial charge on any atom is 0.0624 e. The normalized spacial score (nSPS) is 13.9. The van der Waals surface area contributed by atoms with E-state index in [0.717, 1.165) is 13.0 Å². The van der Waals surface area contributed by atoms with Crippen molar-refractivity contribution in [1.82, 2.24) is 15.1 Å². The molecule has 0 aliphatic carbocycles. The van der Waals surface area contributed by atoms with Crippen LogP contribution in [0.15, 0.2) is 12.3 Å². The number of nitrogens with zero attached hydrogens (tertiary/aromatic N) is 2. The summed E-state index contributed by atoms with van der Waals surface area (Å²) < 4.78 is 1.88. The van der Waals surface area contributed by atoms with E-state index in [9.17, 15) is 0 Å². The second-order valence-electron chi connectivity index (χ2n) is 5.85.